The van der Waals surface area contributed by atoms with Gasteiger partial charge < -0.3 is 14.8 Å². The Hall–Kier alpha value is -2.53. The molecule has 0 spiro atoms. The summed E-state index contributed by atoms with van der Waals surface area (Å²) in [5, 5.41) is 3.02. The van der Waals surface area contributed by atoms with Crippen molar-refractivity contribution < 1.29 is 14.3 Å². The van der Waals surface area contributed by atoms with E-state index in [2.05, 4.69) is 22.3 Å². The molecule has 2 aliphatic rings. The molecule has 1 aliphatic carbocycles. The maximum Gasteiger partial charge on any atom is 0.251 e. The molecule has 1 N–H and O–H groups in total. The molecule has 2 aromatic carbocycles. The minimum Gasteiger partial charge on any atom is -0.497 e. The Morgan fingerprint density at radius 1 is 1.03 bits per heavy atom. The van der Waals surface area contributed by atoms with Gasteiger partial charge in [0.05, 0.1) is 14.2 Å². The predicted octanol–water partition coefficient (Wildman–Crippen LogP) is 3.59. The second-order valence-corrected chi connectivity index (χ2v) is 7.96. The summed E-state index contributed by atoms with van der Waals surface area (Å²) in [5.74, 6) is 1.40. The number of ether oxygens (including phenoxy) is 2. The summed E-state index contributed by atoms with van der Waals surface area (Å²) in [7, 11) is 3.25. The zero-order valence-electron chi connectivity index (χ0n) is 17.4. The lowest BCUT2D eigenvalue weighted by Crippen LogP contribution is -2.41. The highest BCUT2D eigenvalue weighted by atomic mass is 16.5. The van der Waals surface area contributed by atoms with Gasteiger partial charge in [0.25, 0.3) is 5.91 Å². The molecule has 154 valence electrons. The minimum absolute atomic E-state index is 0.0502. The van der Waals surface area contributed by atoms with Gasteiger partial charge >= 0.3 is 0 Å². The largest absolute Gasteiger partial charge is 0.497 e. The van der Waals surface area contributed by atoms with Crippen LogP contribution in [0.4, 0.5) is 0 Å². The number of fused-ring (bicyclic) bond motifs is 1. The van der Waals surface area contributed by atoms with Gasteiger partial charge in [-0.15, -0.1) is 0 Å². The normalized spacial score (nSPS) is 17.0. The lowest BCUT2D eigenvalue weighted by molar-refractivity contribution is 0.0950. The van der Waals surface area contributed by atoms with Gasteiger partial charge in [-0.1, -0.05) is 12.5 Å². The number of carbonyl (C=O) groups excluding carboxylic acids is 1. The lowest BCUT2D eigenvalue weighted by Gasteiger charge is -2.36. The van der Waals surface area contributed by atoms with Crippen LogP contribution in [0.2, 0.25) is 0 Å². The second-order valence-electron chi connectivity index (χ2n) is 7.96. The molecule has 2 aromatic rings. The number of rotatable bonds is 6. The van der Waals surface area contributed by atoms with Crippen LogP contribution >= 0.6 is 0 Å². The van der Waals surface area contributed by atoms with E-state index in [9.17, 15) is 4.79 Å². The molecular formula is C24H30N2O3. The third-order valence-corrected chi connectivity index (χ3v) is 6.33. The van der Waals surface area contributed by atoms with Crippen molar-refractivity contribution in [1.82, 2.24) is 10.2 Å². The summed E-state index contributed by atoms with van der Waals surface area (Å²) in [4.78, 5) is 15.4. The SMILES string of the molecule is COc1ccc(CNC(=O)c2ccc3c(c2)CCN(C2CCC2)CC3)c(OC)c1. The van der Waals surface area contributed by atoms with Gasteiger partial charge in [0.15, 0.2) is 0 Å². The van der Waals surface area contributed by atoms with Crippen molar-refractivity contribution >= 4 is 5.91 Å². The third kappa shape index (κ3) is 4.40. The molecule has 29 heavy (non-hydrogen) atoms. The molecule has 5 heteroatoms. The minimum atomic E-state index is -0.0502. The number of hydrogen-bond donors (Lipinski definition) is 1. The number of amides is 1. The molecule has 0 radical (unpaired) electrons. The molecule has 4 rings (SSSR count). The van der Waals surface area contributed by atoms with Gasteiger partial charge in [0, 0.05) is 42.9 Å². The number of carbonyl (C=O) groups is 1. The summed E-state index contributed by atoms with van der Waals surface area (Å²) in [5.41, 5.74) is 4.36. The molecule has 0 saturated heterocycles. The Bertz CT molecular complexity index is 876. The summed E-state index contributed by atoms with van der Waals surface area (Å²) < 4.78 is 10.7. The highest BCUT2D eigenvalue weighted by Gasteiger charge is 2.26. The van der Waals surface area contributed by atoms with E-state index in [1.165, 1.54) is 30.4 Å². The van der Waals surface area contributed by atoms with Crippen LogP contribution in [0.1, 0.15) is 46.3 Å². The van der Waals surface area contributed by atoms with Crippen LogP contribution in [0, 0.1) is 0 Å². The third-order valence-electron chi connectivity index (χ3n) is 6.33. The lowest BCUT2D eigenvalue weighted by atomic mass is 9.91. The molecule has 1 aliphatic heterocycles. The van der Waals surface area contributed by atoms with Gasteiger partial charge in [0.2, 0.25) is 0 Å². The van der Waals surface area contributed by atoms with Crippen LogP contribution in [-0.2, 0) is 19.4 Å². The van der Waals surface area contributed by atoms with E-state index in [-0.39, 0.29) is 5.91 Å². The zero-order valence-corrected chi connectivity index (χ0v) is 17.4. The Kier molecular flexibility index (Phi) is 6.05. The van der Waals surface area contributed by atoms with Gasteiger partial charge in [0.1, 0.15) is 11.5 Å². The standard InChI is InChI=1S/C24H30N2O3/c1-28-22-9-8-20(23(15-22)29-2)16-25-24(27)19-7-6-17-10-12-26(21-4-3-5-21)13-11-18(17)14-19/h6-9,14-15,21H,3-5,10-13,16H2,1-2H3,(H,25,27). The molecule has 1 saturated carbocycles. The number of hydrogen-bond acceptors (Lipinski definition) is 4. The Morgan fingerprint density at radius 2 is 1.83 bits per heavy atom. The van der Waals surface area contributed by atoms with E-state index < -0.39 is 0 Å². The first-order valence-corrected chi connectivity index (χ1v) is 10.5. The Labute approximate surface area is 173 Å². The smallest absolute Gasteiger partial charge is 0.251 e. The molecular weight excluding hydrogens is 364 g/mol. The fraction of sp³-hybridized carbons (Fsp3) is 0.458. The van der Waals surface area contributed by atoms with E-state index in [1.54, 1.807) is 14.2 Å². The van der Waals surface area contributed by atoms with E-state index in [0.29, 0.717) is 12.3 Å². The van der Waals surface area contributed by atoms with Gasteiger partial charge in [-0.3, -0.25) is 9.69 Å². The van der Waals surface area contributed by atoms with Crippen molar-refractivity contribution in [3.05, 3.63) is 58.7 Å². The van der Waals surface area contributed by atoms with Crippen molar-refractivity contribution in [2.45, 2.75) is 44.7 Å². The molecule has 1 fully saturated rings. The van der Waals surface area contributed by atoms with Gasteiger partial charge in [-0.2, -0.15) is 0 Å². The number of methoxy groups -OCH3 is 2. The second kappa shape index (κ2) is 8.87. The van der Waals surface area contributed by atoms with Crippen LogP contribution in [0.15, 0.2) is 36.4 Å². The summed E-state index contributed by atoms with van der Waals surface area (Å²) in [6.45, 7) is 2.66. The average molecular weight is 395 g/mol. The van der Waals surface area contributed by atoms with Crippen molar-refractivity contribution in [3.8, 4) is 11.5 Å². The molecule has 0 aromatic heterocycles. The molecule has 0 bridgehead atoms. The van der Waals surface area contributed by atoms with Gasteiger partial charge in [-0.05, 0) is 61.1 Å². The fourth-order valence-corrected chi connectivity index (χ4v) is 4.28. The first-order valence-electron chi connectivity index (χ1n) is 10.5. The Balaban J connectivity index is 1.40. The first-order chi connectivity index (χ1) is 14.2. The van der Waals surface area contributed by atoms with Crippen molar-refractivity contribution in [3.63, 3.8) is 0 Å². The molecule has 5 nitrogen and oxygen atoms in total. The monoisotopic (exact) mass is 394 g/mol. The van der Waals surface area contributed by atoms with E-state index in [4.69, 9.17) is 9.47 Å². The van der Waals surface area contributed by atoms with Crippen LogP contribution in [-0.4, -0.2) is 44.2 Å². The van der Waals surface area contributed by atoms with E-state index >= 15 is 0 Å². The first kappa shape index (κ1) is 19.8. The summed E-state index contributed by atoms with van der Waals surface area (Å²) in [6.07, 6.45) is 6.17. The predicted molar refractivity (Wildman–Crippen MR) is 114 cm³/mol. The highest BCUT2D eigenvalue weighted by Crippen LogP contribution is 2.28. The Morgan fingerprint density at radius 3 is 2.52 bits per heavy atom. The zero-order chi connectivity index (χ0) is 20.2. The number of nitrogens with one attached hydrogen (secondary N) is 1. The van der Waals surface area contributed by atoms with Crippen molar-refractivity contribution in [2.24, 2.45) is 0 Å². The number of nitrogens with zero attached hydrogens (tertiary/aromatic N) is 1. The number of benzene rings is 2. The maximum atomic E-state index is 12.8. The molecule has 1 amide bonds. The molecule has 1 heterocycles. The van der Waals surface area contributed by atoms with Crippen molar-refractivity contribution in [1.29, 1.82) is 0 Å². The van der Waals surface area contributed by atoms with Gasteiger partial charge in [-0.25, -0.2) is 0 Å². The van der Waals surface area contributed by atoms with E-state index in [1.807, 2.05) is 24.3 Å². The van der Waals surface area contributed by atoms with Crippen LogP contribution in [0.3, 0.4) is 0 Å². The maximum absolute atomic E-state index is 12.8. The van der Waals surface area contributed by atoms with Crippen LogP contribution < -0.4 is 14.8 Å². The molecule has 0 atom stereocenters. The quantitative estimate of drug-likeness (QED) is 0.814. The summed E-state index contributed by atoms with van der Waals surface area (Å²) >= 11 is 0. The summed E-state index contributed by atoms with van der Waals surface area (Å²) in [6, 6.07) is 12.6. The van der Waals surface area contributed by atoms with Crippen molar-refractivity contribution in [2.75, 3.05) is 27.3 Å². The average Bonchev–Trinajstić information content (AvgIpc) is 2.93. The molecule has 0 unspecified atom stereocenters. The van der Waals surface area contributed by atoms with E-state index in [0.717, 1.165) is 48.8 Å². The fourth-order valence-electron chi connectivity index (χ4n) is 4.28. The topological polar surface area (TPSA) is 50.8 Å². The highest BCUT2D eigenvalue weighted by molar-refractivity contribution is 5.94. The van der Waals surface area contributed by atoms with Crippen LogP contribution in [0.5, 0.6) is 11.5 Å². The van der Waals surface area contributed by atoms with Crippen LogP contribution in [0.25, 0.3) is 0 Å².